The molecule has 0 spiro atoms. The summed E-state index contributed by atoms with van der Waals surface area (Å²) in [7, 11) is 0. The van der Waals surface area contributed by atoms with Gasteiger partial charge in [0.2, 0.25) is 0 Å². The van der Waals surface area contributed by atoms with E-state index >= 15 is 0 Å². The molecule has 1 aliphatic rings. The van der Waals surface area contributed by atoms with Gasteiger partial charge in [-0.1, -0.05) is 0 Å². The summed E-state index contributed by atoms with van der Waals surface area (Å²) in [5.74, 6) is -0.925. The van der Waals surface area contributed by atoms with Gasteiger partial charge in [0, 0.05) is 0 Å². The van der Waals surface area contributed by atoms with Gasteiger partial charge in [-0.2, -0.15) is 0 Å². The highest BCUT2D eigenvalue weighted by molar-refractivity contribution is 5.71. The highest BCUT2D eigenvalue weighted by Gasteiger charge is 2.23. The lowest BCUT2D eigenvalue weighted by Gasteiger charge is -2.13. The zero-order valence-electron chi connectivity index (χ0n) is 8.03. The largest absolute Gasteiger partial charge is 0.479 e. The van der Waals surface area contributed by atoms with Crippen LogP contribution in [0.15, 0.2) is 0 Å². The van der Waals surface area contributed by atoms with Gasteiger partial charge in [-0.15, -0.1) is 0 Å². The second-order valence-corrected chi connectivity index (χ2v) is 3.46. The minimum atomic E-state index is -0.925. The second kappa shape index (κ2) is 4.58. The summed E-state index contributed by atoms with van der Waals surface area (Å²) in [6.07, 6.45) is 1.63. The van der Waals surface area contributed by atoms with E-state index in [1.807, 2.05) is 6.92 Å². The SMILES string of the molecule is CC1CCC(CO[C@H](C)C(=O)O)O1. The standard InChI is InChI=1S/C9H16O4/c1-6-3-4-8(13-6)5-12-7(2)9(10)11/h6-8H,3-5H2,1-2H3,(H,10,11)/t6?,7-,8?/m1/s1. The Hall–Kier alpha value is -0.610. The Morgan fingerprint density at radius 1 is 1.69 bits per heavy atom. The number of carboxylic acid groups (broad SMARTS) is 1. The first-order valence-corrected chi connectivity index (χ1v) is 4.59. The van der Waals surface area contributed by atoms with Gasteiger partial charge in [-0.25, -0.2) is 4.79 Å². The minimum Gasteiger partial charge on any atom is -0.479 e. The van der Waals surface area contributed by atoms with Gasteiger partial charge in [-0.3, -0.25) is 0 Å². The lowest BCUT2D eigenvalue weighted by atomic mass is 10.2. The molecule has 3 atom stereocenters. The van der Waals surface area contributed by atoms with Gasteiger partial charge in [0.15, 0.2) is 6.10 Å². The Morgan fingerprint density at radius 2 is 2.38 bits per heavy atom. The smallest absolute Gasteiger partial charge is 0.332 e. The monoisotopic (exact) mass is 188 g/mol. The van der Waals surface area contributed by atoms with E-state index in [-0.39, 0.29) is 12.2 Å². The lowest BCUT2D eigenvalue weighted by molar-refractivity contribution is -0.151. The Morgan fingerprint density at radius 3 is 2.85 bits per heavy atom. The van der Waals surface area contributed by atoms with Crippen molar-refractivity contribution in [1.29, 1.82) is 0 Å². The van der Waals surface area contributed by atoms with Gasteiger partial charge in [0.25, 0.3) is 0 Å². The van der Waals surface area contributed by atoms with E-state index < -0.39 is 12.1 Å². The van der Waals surface area contributed by atoms with Crippen LogP contribution in [0.5, 0.6) is 0 Å². The first kappa shape index (κ1) is 10.5. The molecule has 0 amide bonds. The number of aliphatic carboxylic acids is 1. The maximum Gasteiger partial charge on any atom is 0.332 e. The van der Waals surface area contributed by atoms with Crippen LogP contribution in [0.1, 0.15) is 26.7 Å². The average molecular weight is 188 g/mol. The van der Waals surface area contributed by atoms with Crippen LogP contribution in [0.3, 0.4) is 0 Å². The van der Waals surface area contributed by atoms with Gasteiger partial charge >= 0.3 is 5.97 Å². The normalized spacial score (nSPS) is 30.3. The van der Waals surface area contributed by atoms with Crippen molar-refractivity contribution >= 4 is 5.97 Å². The molecule has 76 valence electrons. The molecule has 4 nitrogen and oxygen atoms in total. The summed E-state index contributed by atoms with van der Waals surface area (Å²) in [5.41, 5.74) is 0. The molecule has 13 heavy (non-hydrogen) atoms. The molecule has 2 unspecified atom stereocenters. The third-order valence-electron chi connectivity index (χ3n) is 2.20. The molecular weight excluding hydrogens is 172 g/mol. The van der Waals surface area contributed by atoms with Gasteiger partial charge in [-0.05, 0) is 26.7 Å². The van der Waals surface area contributed by atoms with Crippen LogP contribution < -0.4 is 0 Å². The summed E-state index contributed by atoms with van der Waals surface area (Å²) in [4.78, 5) is 10.4. The van der Waals surface area contributed by atoms with Crippen molar-refractivity contribution in [2.75, 3.05) is 6.61 Å². The molecular formula is C9H16O4. The number of hydrogen-bond acceptors (Lipinski definition) is 3. The predicted molar refractivity (Wildman–Crippen MR) is 46.6 cm³/mol. The Kier molecular flexibility index (Phi) is 3.69. The molecule has 1 saturated heterocycles. The summed E-state index contributed by atoms with van der Waals surface area (Å²) < 4.78 is 10.6. The summed E-state index contributed by atoms with van der Waals surface area (Å²) >= 11 is 0. The van der Waals surface area contributed by atoms with Crippen LogP contribution in [0.2, 0.25) is 0 Å². The molecule has 1 rings (SSSR count). The predicted octanol–water partition coefficient (Wildman–Crippen LogP) is 1.04. The molecule has 1 fully saturated rings. The zero-order valence-corrected chi connectivity index (χ0v) is 8.03. The maximum atomic E-state index is 10.4. The van der Waals surface area contributed by atoms with Crippen LogP contribution in [0.4, 0.5) is 0 Å². The average Bonchev–Trinajstić information content (AvgIpc) is 2.47. The van der Waals surface area contributed by atoms with Crippen molar-refractivity contribution in [3.8, 4) is 0 Å². The number of hydrogen-bond donors (Lipinski definition) is 1. The van der Waals surface area contributed by atoms with Gasteiger partial charge in [0.05, 0.1) is 18.8 Å². The van der Waals surface area contributed by atoms with E-state index in [0.717, 1.165) is 12.8 Å². The number of carboxylic acids is 1. The summed E-state index contributed by atoms with van der Waals surface area (Å²) in [6.45, 7) is 3.93. The molecule has 0 radical (unpaired) electrons. The van der Waals surface area contributed by atoms with Crippen LogP contribution in [-0.2, 0) is 14.3 Å². The van der Waals surface area contributed by atoms with E-state index in [9.17, 15) is 4.79 Å². The van der Waals surface area contributed by atoms with Crippen molar-refractivity contribution in [2.45, 2.75) is 45.0 Å². The van der Waals surface area contributed by atoms with Crippen molar-refractivity contribution in [3.63, 3.8) is 0 Å². The number of ether oxygens (including phenoxy) is 2. The highest BCUT2D eigenvalue weighted by atomic mass is 16.6. The van der Waals surface area contributed by atoms with E-state index in [1.165, 1.54) is 6.92 Å². The summed E-state index contributed by atoms with van der Waals surface area (Å²) in [5, 5.41) is 8.54. The van der Waals surface area contributed by atoms with Crippen LogP contribution in [0.25, 0.3) is 0 Å². The highest BCUT2D eigenvalue weighted by Crippen LogP contribution is 2.19. The fraction of sp³-hybridized carbons (Fsp3) is 0.889. The summed E-state index contributed by atoms with van der Waals surface area (Å²) in [6, 6.07) is 0. The quantitative estimate of drug-likeness (QED) is 0.716. The first-order chi connectivity index (χ1) is 6.09. The third kappa shape index (κ3) is 3.32. The molecule has 0 aromatic rings. The molecule has 1 aliphatic heterocycles. The maximum absolute atomic E-state index is 10.4. The topological polar surface area (TPSA) is 55.8 Å². The van der Waals surface area contributed by atoms with Crippen LogP contribution in [0, 0.1) is 0 Å². The van der Waals surface area contributed by atoms with E-state index in [2.05, 4.69) is 0 Å². The third-order valence-corrected chi connectivity index (χ3v) is 2.20. The van der Waals surface area contributed by atoms with Crippen LogP contribution >= 0.6 is 0 Å². The molecule has 1 N–H and O–H groups in total. The second-order valence-electron chi connectivity index (χ2n) is 3.46. The molecule has 0 aliphatic carbocycles. The van der Waals surface area contributed by atoms with Crippen molar-refractivity contribution in [1.82, 2.24) is 0 Å². The molecule has 0 bridgehead atoms. The van der Waals surface area contributed by atoms with Crippen molar-refractivity contribution < 1.29 is 19.4 Å². The Labute approximate surface area is 77.8 Å². The molecule has 0 aromatic heterocycles. The first-order valence-electron chi connectivity index (χ1n) is 4.59. The van der Waals surface area contributed by atoms with E-state index in [1.54, 1.807) is 0 Å². The molecule has 1 heterocycles. The Bertz CT molecular complexity index is 180. The van der Waals surface area contributed by atoms with Crippen LogP contribution in [-0.4, -0.2) is 36.0 Å². The van der Waals surface area contributed by atoms with Crippen molar-refractivity contribution in [3.05, 3.63) is 0 Å². The Balaban J connectivity index is 2.16. The zero-order chi connectivity index (χ0) is 9.84. The molecule has 4 heteroatoms. The van der Waals surface area contributed by atoms with E-state index in [4.69, 9.17) is 14.6 Å². The van der Waals surface area contributed by atoms with Gasteiger partial charge < -0.3 is 14.6 Å². The minimum absolute atomic E-state index is 0.0804. The van der Waals surface area contributed by atoms with E-state index in [0.29, 0.717) is 6.61 Å². The number of carbonyl (C=O) groups is 1. The molecule has 0 aromatic carbocycles. The van der Waals surface area contributed by atoms with Crippen molar-refractivity contribution in [2.24, 2.45) is 0 Å². The lowest BCUT2D eigenvalue weighted by Crippen LogP contribution is -2.25. The fourth-order valence-corrected chi connectivity index (χ4v) is 1.33. The fourth-order valence-electron chi connectivity index (χ4n) is 1.33. The van der Waals surface area contributed by atoms with Gasteiger partial charge in [0.1, 0.15) is 0 Å². The molecule has 0 saturated carbocycles. The number of rotatable bonds is 4.